The van der Waals surface area contributed by atoms with Gasteiger partial charge in [0.2, 0.25) is 11.7 Å². The highest BCUT2D eigenvalue weighted by Crippen LogP contribution is 2.38. The Morgan fingerprint density at radius 3 is 2.57 bits per heavy atom. The summed E-state index contributed by atoms with van der Waals surface area (Å²) in [5.41, 5.74) is 3.47. The molecule has 0 bridgehead atoms. The molecule has 0 unspecified atom stereocenters. The Labute approximate surface area is 164 Å². The van der Waals surface area contributed by atoms with Crippen LogP contribution >= 0.6 is 0 Å². The maximum absolute atomic E-state index is 12.6. The molecule has 146 valence electrons. The molecular weight excluding hydrogens is 356 g/mol. The molecule has 1 aliphatic carbocycles. The van der Waals surface area contributed by atoms with Crippen molar-refractivity contribution in [2.45, 2.75) is 45.6 Å². The molecule has 1 aromatic carbocycles. The van der Waals surface area contributed by atoms with Crippen LogP contribution in [0.5, 0.6) is 0 Å². The second-order valence-electron chi connectivity index (χ2n) is 7.55. The highest BCUT2D eigenvalue weighted by molar-refractivity contribution is 6.05. The second kappa shape index (κ2) is 7.26. The smallest absolute Gasteiger partial charge is 0.340 e. The number of ether oxygens (including phenoxy) is 1. The molecule has 0 radical (unpaired) electrons. The van der Waals surface area contributed by atoms with Crippen LogP contribution in [0.15, 0.2) is 30.3 Å². The molecule has 6 nitrogen and oxygen atoms in total. The summed E-state index contributed by atoms with van der Waals surface area (Å²) in [7, 11) is 0. The van der Waals surface area contributed by atoms with E-state index in [1.54, 1.807) is 29.2 Å². The van der Waals surface area contributed by atoms with Crippen LogP contribution in [0.2, 0.25) is 0 Å². The summed E-state index contributed by atoms with van der Waals surface area (Å²) < 4.78 is 7.52. The van der Waals surface area contributed by atoms with Gasteiger partial charge in [-0.2, -0.15) is 0 Å². The van der Waals surface area contributed by atoms with E-state index in [0.717, 1.165) is 30.7 Å². The molecule has 2 aromatic rings. The Kier molecular flexibility index (Phi) is 4.79. The molecule has 28 heavy (non-hydrogen) atoms. The molecule has 0 spiro atoms. The topological polar surface area (TPSA) is 68.6 Å². The van der Waals surface area contributed by atoms with Gasteiger partial charge in [-0.05, 0) is 51.3 Å². The van der Waals surface area contributed by atoms with Crippen molar-refractivity contribution in [3.63, 3.8) is 0 Å². The maximum Gasteiger partial charge on any atom is 0.340 e. The van der Waals surface area contributed by atoms with Gasteiger partial charge >= 0.3 is 5.97 Å². The van der Waals surface area contributed by atoms with Crippen molar-refractivity contribution in [2.24, 2.45) is 0 Å². The summed E-state index contributed by atoms with van der Waals surface area (Å²) in [5, 5.41) is 0. The number of ketones is 1. The molecule has 1 saturated carbocycles. The number of esters is 1. The fourth-order valence-electron chi connectivity index (χ4n) is 4.03. The van der Waals surface area contributed by atoms with Gasteiger partial charge in [0.15, 0.2) is 6.61 Å². The third-order valence-electron chi connectivity index (χ3n) is 5.52. The number of carbonyl (C=O) groups is 3. The molecule has 2 fully saturated rings. The number of benzene rings is 1. The highest BCUT2D eigenvalue weighted by Gasteiger charge is 2.29. The van der Waals surface area contributed by atoms with E-state index in [1.165, 1.54) is 0 Å². The molecule has 1 aliphatic heterocycles. The summed E-state index contributed by atoms with van der Waals surface area (Å²) in [6.07, 6.45) is 3.55. The lowest BCUT2D eigenvalue weighted by molar-refractivity contribution is -0.117. The number of carbonyl (C=O) groups excluding carboxylic acids is 3. The van der Waals surface area contributed by atoms with Crippen molar-refractivity contribution in [3.8, 4) is 0 Å². The van der Waals surface area contributed by atoms with Crippen LogP contribution in [-0.2, 0) is 9.53 Å². The van der Waals surface area contributed by atoms with E-state index in [1.807, 2.05) is 19.9 Å². The molecule has 0 N–H and O–H groups in total. The van der Waals surface area contributed by atoms with E-state index in [0.29, 0.717) is 35.8 Å². The molecule has 6 heteroatoms. The van der Waals surface area contributed by atoms with Crippen molar-refractivity contribution in [1.82, 2.24) is 4.57 Å². The van der Waals surface area contributed by atoms with E-state index in [4.69, 9.17) is 4.74 Å². The molecular formula is C22H24N2O4. The van der Waals surface area contributed by atoms with Crippen molar-refractivity contribution >= 4 is 23.3 Å². The van der Waals surface area contributed by atoms with Gasteiger partial charge in [0, 0.05) is 36.0 Å². The molecule has 1 aromatic heterocycles. The lowest BCUT2D eigenvalue weighted by atomic mass is 10.1. The molecule has 2 heterocycles. The SMILES string of the molecule is Cc1cc(C(=O)COC(=O)c2ccccc2N2CCCC2=O)c(C)n1C1CC1. The van der Waals surface area contributed by atoms with E-state index in [2.05, 4.69) is 4.57 Å². The molecule has 0 atom stereocenters. The summed E-state index contributed by atoms with van der Waals surface area (Å²) in [6.45, 7) is 4.22. The van der Waals surface area contributed by atoms with Crippen LogP contribution in [0.3, 0.4) is 0 Å². The molecule has 4 rings (SSSR count). The first-order valence-electron chi connectivity index (χ1n) is 9.75. The first-order valence-corrected chi connectivity index (χ1v) is 9.75. The highest BCUT2D eigenvalue weighted by atomic mass is 16.5. The number of hydrogen-bond acceptors (Lipinski definition) is 4. The van der Waals surface area contributed by atoms with Crippen LogP contribution < -0.4 is 4.90 Å². The van der Waals surface area contributed by atoms with Crippen LogP contribution in [0, 0.1) is 13.8 Å². The van der Waals surface area contributed by atoms with Crippen LogP contribution in [0.1, 0.15) is 63.8 Å². The van der Waals surface area contributed by atoms with Gasteiger partial charge in [0.05, 0.1) is 11.3 Å². The number of hydrogen-bond donors (Lipinski definition) is 0. The van der Waals surface area contributed by atoms with Crippen molar-refractivity contribution in [3.05, 3.63) is 52.8 Å². The molecule has 1 saturated heterocycles. The number of anilines is 1. The van der Waals surface area contributed by atoms with Gasteiger partial charge in [-0.25, -0.2) is 4.79 Å². The largest absolute Gasteiger partial charge is 0.454 e. The van der Waals surface area contributed by atoms with Gasteiger partial charge < -0.3 is 14.2 Å². The Morgan fingerprint density at radius 1 is 1.14 bits per heavy atom. The normalized spacial score (nSPS) is 16.5. The average molecular weight is 380 g/mol. The lowest BCUT2D eigenvalue weighted by Gasteiger charge is -2.18. The van der Waals surface area contributed by atoms with Gasteiger partial charge in [-0.15, -0.1) is 0 Å². The molecule has 2 aliphatic rings. The minimum Gasteiger partial charge on any atom is -0.454 e. The van der Waals surface area contributed by atoms with Crippen LogP contribution in [0.4, 0.5) is 5.69 Å². The Morgan fingerprint density at radius 2 is 1.89 bits per heavy atom. The number of aryl methyl sites for hydroxylation is 1. The fourth-order valence-corrected chi connectivity index (χ4v) is 4.03. The van der Waals surface area contributed by atoms with Crippen LogP contribution in [0.25, 0.3) is 0 Å². The zero-order valence-corrected chi connectivity index (χ0v) is 16.2. The number of aromatic nitrogens is 1. The van der Waals surface area contributed by atoms with E-state index >= 15 is 0 Å². The maximum atomic E-state index is 12.6. The molecule has 1 amide bonds. The van der Waals surface area contributed by atoms with Crippen LogP contribution in [-0.4, -0.2) is 35.4 Å². The van der Waals surface area contributed by atoms with Gasteiger partial charge in [-0.3, -0.25) is 9.59 Å². The number of Topliss-reactive ketones (excluding diaryl/α,β-unsaturated/α-hetero) is 1. The zero-order valence-electron chi connectivity index (χ0n) is 16.2. The third-order valence-corrected chi connectivity index (χ3v) is 5.52. The van der Waals surface area contributed by atoms with Gasteiger partial charge in [0.25, 0.3) is 0 Å². The predicted octanol–water partition coefficient (Wildman–Crippen LogP) is 3.61. The van der Waals surface area contributed by atoms with E-state index in [9.17, 15) is 14.4 Å². The fraction of sp³-hybridized carbons (Fsp3) is 0.409. The Balaban J connectivity index is 1.47. The van der Waals surface area contributed by atoms with Gasteiger partial charge in [-0.1, -0.05) is 12.1 Å². The number of nitrogens with zero attached hydrogens (tertiary/aromatic N) is 2. The Bertz CT molecular complexity index is 955. The summed E-state index contributed by atoms with van der Waals surface area (Å²) in [5.74, 6) is -0.786. The first kappa shape index (κ1) is 18.5. The Hall–Kier alpha value is -2.89. The first-order chi connectivity index (χ1) is 13.5. The van der Waals surface area contributed by atoms with E-state index in [-0.39, 0.29) is 18.3 Å². The standard InChI is InChI=1S/C22H24N2O4/c1-14-12-18(15(2)24(14)16-9-10-16)20(25)13-28-22(27)17-6-3-4-7-19(17)23-11-5-8-21(23)26/h3-4,6-7,12,16H,5,8-11,13H2,1-2H3. The number of para-hydroxylation sites is 1. The van der Waals surface area contributed by atoms with Crippen molar-refractivity contribution < 1.29 is 19.1 Å². The summed E-state index contributed by atoms with van der Waals surface area (Å²) in [4.78, 5) is 38.9. The summed E-state index contributed by atoms with van der Waals surface area (Å²) >= 11 is 0. The van der Waals surface area contributed by atoms with Crippen molar-refractivity contribution in [2.75, 3.05) is 18.1 Å². The summed E-state index contributed by atoms with van der Waals surface area (Å²) in [6, 6.07) is 9.26. The minimum atomic E-state index is -0.584. The quantitative estimate of drug-likeness (QED) is 0.567. The second-order valence-corrected chi connectivity index (χ2v) is 7.55. The number of amides is 1. The minimum absolute atomic E-state index is 0.00356. The lowest BCUT2D eigenvalue weighted by Crippen LogP contribution is -2.26. The predicted molar refractivity (Wildman–Crippen MR) is 105 cm³/mol. The van der Waals surface area contributed by atoms with E-state index < -0.39 is 5.97 Å². The number of rotatable bonds is 6. The third kappa shape index (κ3) is 3.35. The van der Waals surface area contributed by atoms with Gasteiger partial charge in [0.1, 0.15) is 0 Å². The zero-order chi connectivity index (χ0) is 19.8. The average Bonchev–Trinajstić information content (AvgIpc) is 3.35. The monoisotopic (exact) mass is 380 g/mol. The van der Waals surface area contributed by atoms with Crippen molar-refractivity contribution in [1.29, 1.82) is 0 Å².